The number of hydrogen-bond acceptors (Lipinski definition) is 5. The van der Waals surface area contributed by atoms with Crippen LogP contribution < -0.4 is 9.88 Å². The number of nitrogens with zero attached hydrogens (tertiary/aromatic N) is 5. The lowest BCUT2D eigenvalue weighted by Gasteiger charge is -2.19. The van der Waals surface area contributed by atoms with Gasteiger partial charge in [0.05, 0.1) is 17.5 Å². The SMILES string of the molecule is Cc1ccc2c(ccc(CC3C([N+](=O)[O-])=CNc4ncnn43)[n+]2C)c1. The van der Waals surface area contributed by atoms with Crippen molar-refractivity contribution < 1.29 is 9.49 Å². The predicted molar refractivity (Wildman–Crippen MR) is 91.3 cm³/mol. The monoisotopic (exact) mass is 337 g/mol. The van der Waals surface area contributed by atoms with E-state index < -0.39 is 6.04 Å². The third kappa shape index (κ3) is 2.51. The van der Waals surface area contributed by atoms with Crippen LogP contribution in [0.4, 0.5) is 5.95 Å². The molecule has 3 heterocycles. The molecule has 0 saturated heterocycles. The maximum absolute atomic E-state index is 11.5. The molecule has 0 spiro atoms. The molecule has 0 saturated carbocycles. The van der Waals surface area contributed by atoms with Gasteiger partial charge >= 0.3 is 0 Å². The Hall–Kier alpha value is -3.29. The fraction of sp³-hybridized carbons (Fsp3) is 0.235. The predicted octanol–water partition coefficient (Wildman–Crippen LogP) is 1.89. The number of nitrogens with one attached hydrogen (secondary N) is 1. The zero-order chi connectivity index (χ0) is 17.6. The number of nitro groups is 1. The van der Waals surface area contributed by atoms with Crippen LogP contribution in [0, 0.1) is 17.0 Å². The summed E-state index contributed by atoms with van der Waals surface area (Å²) in [5.41, 5.74) is 3.34. The van der Waals surface area contributed by atoms with Gasteiger partial charge in [0.25, 0.3) is 5.70 Å². The minimum absolute atomic E-state index is 0.0713. The molecule has 1 N–H and O–H groups in total. The number of allylic oxidation sites excluding steroid dienone is 1. The van der Waals surface area contributed by atoms with Crippen molar-refractivity contribution >= 4 is 16.9 Å². The highest BCUT2D eigenvalue weighted by molar-refractivity contribution is 5.76. The number of fused-ring (bicyclic) bond motifs is 2. The first-order valence-electron chi connectivity index (χ1n) is 7.93. The highest BCUT2D eigenvalue weighted by atomic mass is 16.6. The Labute approximate surface area is 143 Å². The van der Waals surface area contributed by atoms with Gasteiger partial charge in [-0.05, 0) is 19.1 Å². The summed E-state index contributed by atoms with van der Waals surface area (Å²) in [6.07, 6.45) is 3.25. The molecule has 0 bridgehead atoms. The second-order valence-corrected chi connectivity index (χ2v) is 6.16. The first-order valence-corrected chi connectivity index (χ1v) is 7.93. The van der Waals surface area contributed by atoms with Crippen LogP contribution >= 0.6 is 0 Å². The van der Waals surface area contributed by atoms with Gasteiger partial charge in [-0.3, -0.25) is 10.1 Å². The van der Waals surface area contributed by atoms with Crippen molar-refractivity contribution in [2.24, 2.45) is 7.05 Å². The summed E-state index contributed by atoms with van der Waals surface area (Å²) < 4.78 is 3.64. The van der Waals surface area contributed by atoms with E-state index in [0.717, 1.165) is 16.6 Å². The maximum Gasteiger partial charge on any atom is 0.287 e. The van der Waals surface area contributed by atoms with E-state index in [1.165, 1.54) is 18.1 Å². The van der Waals surface area contributed by atoms with E-state index in [9.17, 15) is 10.1 Å². The van der Waals surface area contributed by atoms with Gasteiger partial charge in [0, 0.05) is 17.5 Å². The van der Waals surface area contributed by atoms with Gasteiger partial charge in [0.2, 0.25) is 11.5 Å². The average molecular weight is 337 g/mol. The van der Waals surface area contributed by atoms with Crippen LogP contribution in [0.3, 0.4) is 0 Å². The van der Waals surface area contributed by atoms with Gasteiger partial charge in [-0.1, -0.05) is 11.6 Å². The number of benzene rings is 1. The molecule has 25 heavy (non-hydrogen) atoms. The van der Waals surface area contributed by atoms with E-state index in [2.05, 4.69) is 51.2 Å². The third-order valence-corrected chi connectivity index (χ3v) is 4.60. The second kappa shape index (κ2) is 5.66. The zero-order valence-corrected chi connectivity index (χ0v) is 13.9. The van der Waals surface area contributed by atoms with Crippen LogP contribution in [0.25, 0.3) is 10.9 Å². The summed E-state index contributed by atoms with van der Waals surface area (Å²) in [6, 6.07) is 9.81. The van der Waals surface area contributed by atoms with E-state index in [-0.39, 0.29) is 10.6 Å². The largest absolute Gasteiger partial charge is 0.325 e. The van der Waals surface area contributed by atoms with Crippen molar-refractivity contribution in [1.29, 1.82) is 0 Å². The Morgan fingerprint density at radius 1 is 1.36 bits per heavy atom. The lowest BCUT2D eigenvalue weighted by atomic mass is 10.0. The molecular formula is C17H17N6O2+. The van der Waals surface area contributed by atoms with Crippen molar-refractivity contribution in [1.82, 2.24) is 14.8 Å². The highest BCUT2D eigenvalue weighted by Crippen LogP contribution is 2.28. The minimum atomic E-state index is -0.511. The van der Waals surface area contributed by atoms with Crippen LogP contribution in [-0.4, -0.2) is 19.7 Å². The molecule has 1 aliphatic heterocycles. The summed E-state index contributed by atoms with van der Waals surface area (Å²) in [5, 5.41) is 19.6. The summed E-state index contributed by atoms with van der Waals surface area (Å²) >= 11 is 0. The molecule has 0 radical (unpaired) electrons. The molecule has 3 aromatic rings. The molecule has 8 heteroatoms. The summed E-state index contributed by atoms with van der Waals surface area (Å²) in [6.45, 7) is 2.06. The first-order chi connectivity index (χ1) is 12.0. The average Bonchev–Trinajstić information content (AvgIpc) is 3.06. The first kappa shape index (κ1) is 15.3. The van der Waals surface area contributed by atoms with Gasteiger partial charge in [-0.2, -0.15) is 14.6 Å². The molecule has 0 fully saturated rings. The van der Waals surface area contributed by atoms with Gasteiger partial charge in [0.1, 0.15) is 13.4 Å². The molecule has 1 unspecified atom stereocenters. The van der Waals surface area contributed by atoms with E-state index in [4.69, 9.17) is 0 Å². The van der Waals surface area contributed by atoms with Gasteiger partial charge in [0.15, 0.2) is 11.7 Å². The number of hydrogen-bond donors (Lipinski definition) is 1. The van der Waals surface area contributed by atoms with Crippen molar-refractivity contribution in [3.8, 4) is 0 Å². The second-order valence-electron chi connectivity index (χ2n) is 6.16. The Morgan fingerprint density at radius 3 is 3.00 bits per heavy atom. The molecule has 8 nitrogen and oxygen atoms in total. The quantitative estimate of drug-likeness (QED) is 0.448. The highest BCUT2D eigenvalue weighted by Gasteiger charge is 2.35. The number of pyridine rings is 1. The maximum atomic E-state index is 11.5. The standard InChI is InChI=1S/C17H17N6O2/c1-11-3-6-14-12(7-11)4-5-13(21(14)2)8-15-16(23(24)25)9-18-17-19-10-20-22(15)17/h3-7,9-10,15H,8H2,1-2H3,(H,18,19,20)/q+1. The van der Waals surface area contributed by atoms with E-state index >= 15 is 0 Å². The molecule has 126 valence electrons. The van der Waals surface area contributed by atoms with E-state index in [1.807, 2.05) is 13.1 Å². The number of anilines is 1. The van der Waals surface area contributed by atoms with E-state index in [1.54, 1.807) is 4.68 Å². The fourth-order valence-corrected chi connectivity index (χ4v) is 3.28. The Morgan fingerprint density at radius 2 is 2.20 bits per heavy atom. The number of aromatic nitrogens is 4. The van der Waals surface area contributed by atoms with Crippen molar-refractivity contribution in [2.75, 3.05) is 5.32 Å². The Balaban J connectivity index is 1.78. The summed E-state index contributed by atoms with van der Waals surface area (Å²) in [7, 11) is 1.98. The van der Waals surface area contributed by atoms with Gasteiger partial charge in [-0.25, -0.2) is 4.68 Å². The molecular weight excluding hydrogens is 320 g/mol. The number of rotatable bonds is 3. The molecule has 1 atom stereocenters. The topological polar surface area (TPSA) is 89.8 Å². The molecule has 2 aromatic heterocycles. The van der Waals surface area contributed by atoms with Crippen molar-refractivity contribution in [3.63, 3.8) is 0 Å². The lowest BCUT2D eigenvalue weighted by Crippen LogP contribution is -2.37. The normalized spacial score (nSPS) is 16.2. The molecule has 4 rings (SSSR count). The van der Waals surface area contributed by atoms with Crippen LogP contribution in [0.5, 0.6) is 0 Å². The Bertz CT molecular complexity index is 1020. The minimum Gasteiger partial charge on any atom is -0.325 e. The number of aryl methyl sites for hydroxylation is 2. The fourth-order valence-electron chi connectivity index (χ4n) is 3.28. The zero-order valence-electron chi connectivity index (χ0n) is 13.9. The molecule has 1 aromatic carbocycles. The lowest BCUT2D eigenvalue weighted by molar-refractivity contribution is -0.653. The Kier molecular flexibility index (Phi) is 3.45. The molecule has 0 aliphatic carbocycles. The van der Waals surface area contributed by atoms with Crippen LogP contribution in [0.1, 0.15) is 17.3 Å². The van der Waals surface area contributed by atoms with Crippen molar-refractivity contribution in [2.45, 2.75) is 19.4 Å². The third-order valence-electron chi connectivity index (χ3n) is 4.60. The van der Waals surface area contributed by atoms with Crippen LogP contribution in [-0.2, 0) is 13.5 Å². The summed E-state index contributed by atoms with van der Waals surface area (Å²) in [5.74, 6) is 0.509. The smallest absolute Gasteiger partial charge is 0.287 e. The molecule has 1 aliphatic rings. The van der Waals surface area contributed by atoms with Crippen molar-refractivity contribution in [3.05, 3.63) is 69.9 Å². The van der Waals surface area contributed by atoms with Gasteiger partial charge in [-0.15, -0.1) is 0 Å². The van der Waals surface area contributed by atoms with E-state index in [0.29, 0.717) is 12.4 Å². The molecule has 0 amide bonds. The van der Waals surface area contributed by atoms with Crippen LogP contribution in [0.15, 0.2) is 48.6 Å². The van der Waals surface area contributed by atoms with Gasteiger partial charge < -0.3 is 5.32 Å². The summed E-state index contributed by atoms with van der Waals surface area (Å²) in [4.78, 5) is 15.2. The van der Waals surface area contributed by atoms with Crippen LogP contribution in [0.2, 0.25) is 0 Å².